The Kier molecular flexibility index (Phi) is 2.73. The van der Waals surface area contributed by atoms with E-state index in [1.54, 1.807) is 0 Å². The van der Waals surface area contributed by atoms with Gasteiger partial charge < -0.3 is 9.15 Å². The fourth-order valence-corrected chi connectivity index (χ4v) is 1.79. The van der Waals surface area contributed by atoms with Gasteiger partial charge in [-0.3, -0.25) is 0 Å². The highest BCUT2D eigenvalue weighted by Gasteiger charge is 2.05. The van der Waals surface area contributed by atoms with E-state index >= 15 is 0 Å². The molecule has 0 aliphatic rings. The molecular formula is C15H13NO2. The molecule has 0 amide bonds. The summed E-state index contributed by atoms with van der Waals surface area (Å²) in [6.07, 6.45) is 0.795. The Morgan fingerprint density at radius 3 is 2.67 bits per heavy atom. The van der Waals surface area contributed by atoms with Gasteiger partial charge in [0.15, 0.2) is 11.5 Å². The third-order valence-electron chi connectivity index (χ3n) is 2.68. The topological polar surface area (TPSA) is 35.3 Å². The van der Waals surface area contributed by atoms with Crippen LogP contribution in [0.5, 0.6) is 11.5 Å². The number of ether oxygens (including phenoxy) is 1. The lowest BCUT2D eigenvalue weighted by molar-refractivity contribution is 0.483. The number of aromatic nitrogens is 1. The normalized spacial score (nSPS) is 10.7. The minimum atomic E-state index is 0.752. The molecule has 0 N–H and O–H groups in total. The molecule has 3 heteroatoms. The van der Waals surface area contributed by atoms with Crippen LogP contribution >= 0.6 is 0 Å². The lowest BCUT2D eigenvalue weighted by Gasteiger charge is -2.04. The minimum Gasteiger partial charge on any atom is -0.457 e. The van der Waals surface area contributed by atoms with E-state index in [2.05, 4.69) is 4.98 Å². The average Bonchev–Trinajstić information content (AvgIpc) is 2.82. The van der Waals surface area contributed by atoms with Gasteiger partial charge in [-0.1, -0.05) is 25.1 Å². The molecule has 1 aromatic heterocycles. The molecule has 2 aromatic carbocycles. The van der Waals surface area contributed by atoms with Gasteiger partial charge in [-0.15, -0.1) is 0 Å². The van der Waals surface area contributed by atoms with Crippen molar-refractivity contribution in [2.75, 3.05) is 0 Å². The maximum absolute atomic E-state index is 5.75. The zero-order valence-electron chi connectivity index (χ0n) is 10.1. The molecule has 0 bridgehead atoms. The van der Waals surface area contributed by atoms with Crippen LogP contribution in [0.25, 0.3) is 11.1 Å². The molecule has 3 aromatic rings. The number of para-hydroxylation sites is 1. The van der Waals surface area contributed by atoms with Crippen molar-refractivity contribution in [3.05, 3.63) is 54.4 Å². The highest BCUT2D eigenvalue weighted by molar-refractivity contribution is 5.74. The fraction of sp³-hybridized carbons (Fsp3) is 0.133. The lowest BCUT2D eigenvalue weighted by Crippen LogP contribution is -1.83. The van der Waals surface area contributed by atoms with Gasteiger partial charge in [0.1, 0.15) is 17.0 Å². The molecule has 90 valence electrons. The van der Waals surface area contributed by atoms with Crippen LogP contribution in [0.2, 0.25) is 0 Å². The second-order valence-electron chi connectivity index (χ2n) is 4.01. The maximum Gasteiger partial charge on any atom is 0.195 e. The van der Waals surface area contributed by atoms with Gasteiger partial charge in [-0.25, -0.2) is 4.98 Å². The highest BCUT2D eigenvalue weighted by atomic mass is 16.5. The van der Waals surface area contributed by atoms with Gasteiger partial charge in [-0.2, -0.15) is 0 Å². The third-order valence-corrected chi connectivity index (χ3v) is 2.68. The standard InChI is InChI=1S/C15H13NO2/c1-2-15-16-13-10-12(8-9-14(13)18-15)17-11-6-4-3-5-7-11/h3-10H,2H2,1H3. The van der Waals surface area contributed by atoms with Crippen molar-refractivity contribution in [1.82, 2.24) is 4.98 Å². The molecule has 18 heavy (non-hydrogen) atoms. The molecule has 0 saturated carbocycles. The van der Waals surface area contributed by atoms with Gasteiger partial charge in [0.05, 0.1) is 0 Å². The first kappa shape index (κ1) is 10.8. The molecule has 0 aliphatic heterocycles. The van der Waals surface area contributed by atoms with Crippen molar-refractivity contribution in [2.24, 2.45) is 0 Å². The summed E-state index contributed by atoms with van der Waals surface area (Å²) in [4.78, 5) is 4.39. The molecule has 1 heterocycles. The molecular weight excluding hydrogens is 226 g/mol. The average molecular weight is 239 g/mol. The summed E-state index contributed by atoms with van der Waals surface area (Å²) in [7, 11) is 0. The summed E-state index contributed by atoms with van der Waals surface area (Å²) in [6, 6.07) is 15.4. The smallest absolute Gasteiger partial charge is 0.195 e. The van der Waals surface area contributed by atoms with Crippen molar-refractivity contribution >= 4 is 11.1 Å². The van der Waals surface area contributed by atoms with Gasteiger partial charge in [-0.05, 0) is 24.3 Å². The van der Waals surface area contributed by atoms with Crippen LogP contribution in [0.15, 0.2) is 52.9 Å². The van der Waals surface area contributed by atoms with Crippen molar-refractivity contribution in [3.63, 3.8) is 0 Å². The molecule has 3 rings (SSSR count). The largest absolute Gasteiger partial charge is 0.457 e. The molecule has 3 nitrogen and oxygen atoms in total. The number of nitrogens with zero attached hydrogens (tertiary/aromatic N) is 1. The monoisotopic (exact) mass is 239 g/mol. The van der Waals surface area contributed by atoms with Crippen molar-refractivity contribution in [2.45, 2.75) is 13.3 Å². The number of oxazole rings is 1. The first-order valence-electron chi connectivity index (χ1n) is 5.97. The van der Waals surface area contributed by atoms with Gasteiger partial charge in [0.2, 0.25) is 0 Å². The SMILES string of the molecule is CCc1nc2cc(Oc3ccccc3)ccc2o1. The summed E-state index contributed by atoms with van der Waals surface area (Å²) < 4.78 is 11.3. The first-order chi connectivity index (χ1) is 8.85. The Morgan fingerprint density at radius 2 is 1.89 bits per heavy atom. The predicted molar refractivity (Wildman–Crippen MR) is 69.9 cm³/mol. The van der Waals surface area contributed by atoms with Crippen LogP contribution < -0.4 is 4.74 Å². The highest BCUT2D eigenvalue weighted by Crippen LogP contribution is 2.25. The molecule has 0 spiro atoms. The van der Waals surface area contributed by atoms with Crippen molar-refractivity contribution in [1.29, 1.82) is 0 Å². The van der Waals surface area contributed by atoms with Crippen LogP contribution in [-0.2, 0) is 6.42 Å². The zero-order chi connectivity index (χ0) is 12.4. The van der Waals surface area contributed by atoms with Crippen LogP contribution in [0, 0.1) is 0 Å². The fourth-order valence-electron chi connectivity index (χ4n) is 1.79. The van der Waals surface area contributed by atoms with E-state index < -0.39 is 0 Å². The van der Waals surface area contributed by atoms with Gasteiger partial charge in [0.25, 0.3) is 0 Å². The second-order valence-corrected chi connectivity index (χ2v) is 4.01. The number of hydrogen-bond acceptors (Lipinski definition) is 3. The summed E-state index contributed by atoms with van der Waals surface area (Å²) in [5, 5.41) is 0. The number of aryl methyl sites for hydroxylation is 1. The number of fused-ring (bicyclic) bond motifs is 1. The summed E-state index contributed by atoms with van der Waals surface area (Å²) in [5.41, 5.74) is 1.63. The quantitative estimate of drug-likeness (QED) is 0.687. The number of rotatable bonds is 3. The Labute approximate surface area is 105 Å². The summed E-state index contributed by atoms with van der Waals surface area (Å²) in [6.45, 7) is 2.02. The molecule has 0 atom stereocenters. The Balaban J connectivity index is 1.93. The number of hydrogen-bond donors (Lipinski definition) is 0. The predicted octanol–water partition coefficient (Wildman–Crippen LogP) is 4.18. The van der Waals surface area contributed by atoms with Crippen molar-refractivity contribution < 1.29 is 9.15 Å². The second kappa shape index (κ2) is 4.53. The van der Waals surface area contributed by atoms with Crippen molar-refractivity contribution in [3.8, 4) is 11.5 Å². The molecule has 0 fully saturated rings. The Hall–Kier alpha value is -2.29. The van der Waals surface area contributed by atoms with E-state index in [0.29, 0.717) is 0 Å². The van der Waals surface area contributed by atoms with Crippen LogP contribution in [0.1, 0.15) is 12.8 Å². The zero-order valence-corrected chi connectivity index (χ0v) is 10.1. The van der Waals surface area contributed by atoms with Gasteiger partial charge in [0, 0.05) is 12.5 Å². The van der Waals surface area contributed by atoms with E-state index in [1.165, 1.54) is 0 Å². The Bertz CT molecular complexity index is 659. The first-order valence-corrected chi connectivity index (χ1v) is 5.97. The van der Waals surface area contributed by atoms with E-state index in [0.717, 1.165) is 34.9 Å². The van der Waals surface area contributed by atoms with Crippen LogP contribution in [0.4, 0.5) is 0 Å². The van der Waals surface area contributed by atoms with Crippen LogP contribution in [-0.4, -0.2) is 4.98 Å². The maximum atomic E-state index is 5.75. The molecule has 0 saturated heterocycles. The van der Waals surface area contributed by atoms with E-state index in [1.807, 2.05) is 55.5 Å². The lowest BCUT2D eigenvalue weighted by atomic mass is 10.3. The molecule has 0 radical (unpaired) electrons. The third kappa shape index (κ3) is 2.07. The van der Waals surface area contributed by atoms with Crippen LogP contribution in [0.3, 0.4) is 0 Å². The van der Waals surface area contributed by atoms with E-state index in [4.69, 9.17) is 9.15 Å². The van der Waals surface area contributed by atoms with E-state index in [-0.39, 0.29) is 0 Å². The van der Waals surface area contributed by atoms with E-state index in [9.17, 15) is 0 Å². The minimum absolute atomic E-state index is 0.752. The van der Waals surface area contributed by atoms with Gasteiger partial charge >= 0.3 is 0 Å². The summed E-state index contributed by atoms with van der Waals surface area (Å²) in [5.74, 6) is 2.34. The summed E-state index contributed by atoms with van der Waals surface area (Å²) >= 11 is 0. The molecule has 0 aliphatic carbocycles. The molecule has 0 unspecified atom stereocenters. The Morgan fingerprint density at radius 1 is 1.06 bits per heavy atom. The number of benzene rings is 2.